The van der Waals surface area contributed by atoms with Crippen LogP contribution in [0.1, 0.15) is 19.4 Å². The Morgan fingerprint density at radius 3 is 2.32 bits per heavy atom. The maximum absolute atomic E-state index is 12.8. The third kappa shape index (κ3) is 3.57. The summed E-state index contributed by atoms with van der Waals surface area (Å²) in [5.41, 5.74) is 0.0249. The first-order chi connectivity index (χ1) is 9.73. The van der Waals surface area contributed by atoms with Gasteiger partial charge in [0.25, 0.3) is 5.69 Å². The SMILES string of the molecule is Cc1cccc([N+](=O)[O-])c1S(=O)(=O)N1CC(C)NC(C)C1.Cl. The molecule has 124 valence electrons. The van der Waals surface area contributed by atoms with E-state index in [0.717, 1.165) is 0 Å². The van der Waals surface area contributed by atoms with Crippen molar-refractivity contribution in [1.29, 1.82) is 0 Å². The van der Waals surface area contributed by atoms with Crippen LogP contribution >= 0.6 is 12.4 Å². The molecule has 1 aliphatic heterocycles. The van der Waals surface area contributed by atoms with E-state index in [1.54, 1.807) is 13.0 Å². The number of nitrogens with zero attached hydrogens (tertiary/aromatic N) is 2. The Kier molecular flexibility index (Phi) is 5.91. The highest BCUT2D eigenvalue weighted by molar-refractivity contribution is 7.89. The second-order valence-corrected chi connectivity index (χ2v) is 7.35. The molecule has 22 heavy (non-hydrogen) atoms. The molecule has 1 aromatic carbocycles. The highest BCUT2D eigenvalue weighted by atomic mass is 35.5. The van der Waals surface area contributed by atoms with Crippen LogP contribution in [0.3, 0.4) is 0 Å². The lowest BCUT2D eigenvalue weighted by Gasteiger charge is -2.35. The number of halogens is 1. The zero-order valence-corrected chi connectivity index (χ0v) is 14.3. The number of hydrogen-bond donors (Lipinski definition) is 1. The minimum atomic E-state index is -3.88. The Morgan fingerprint density at radius 2 is 1.82 bits per heavy atom. The summed E-state index contributed by atoms with van der Waals surface area (Å²) in [6.07, 6.45) is 0. The number of benzene rings is 1. The van der Waals surface area contributed by atoms with Crippen molar-refractivity contribution < 1.29 is 13.3 Å². The Bertz CT molecular complexity index is 655. The summed E-state index contributed by atoms with van der Waals surface area (Å²) in [5, 5.41) is 14.4. The predicted octanol–water partition coefficient (Wildman–Crippen LogP) is 1.70. The van der Waals surface area contributed by atoms with Crippen LogP contribution in [-0.2, 0) is 10.0 Å². The fourth-order valence-electron chi connectivity index (χ4n) is 2.72. The van der Waals surface area contributed by atoms with E-state index in [1.807, 2.05) is 13.8 Å². The van der Waals surface area contributed by atoms with Gasteiger partial charge >= 0.3 is 0 Å². The van der Waals surface area contributed by atoms with Crippen molar-refractivity contribution in [1.82, 2.24) is 9.62 Å². The summed E-state index contributed by atoms with van der Waals surface area (Å²) in [5.74, 6) is 0. The molecule has 2 unspecified atom stereocenters. The molecule has 2 rings (SSSR count). The molecular formula is C13H20ClN3O4S. The number of hydrogen-bond acceptors (Lipinski definition) is 5. The molecule has 7 nitrogen and oxygen atoms in total. The van der Waals surface area contributed by atoms with Crippen molar-refractivity contribution in [2.75, 3.05) is 13.1 Å². The lowest BCUT2D eigenvalue weighted by Crippen LogP contribution is -2.55. The Labute approximate surface area is 136 Å². The molecule has 1 saturated heterocycles. The van der Waals surface area contributed by atoms with Crippen LogP contribution in [0.15, 0.2) is 23.1 Å². The van der Waals surface area contributed by atoms with Crippen molar-refractivity contribution in [2.24, 2.45) is 0 Å². The van der Waals surface area contributed by atoms with Gasteiger partial charge in [-0.3, -0.25) is 10.1 Å². The fraction of sp³-hybridized carbons (Fsp3) is 0.538. The second kappa shape index (κ2) is 6.91. The molecule has 0 saturated carbocycles. The van der Waals surface area contributed by atoms with E-state index in [4.69, 9.17) is 0 Å². The van der Waals surface area contributed by atoms with E-state index >= 15 is 0 Å². The summed E-state index contributed by atoms with van der Waals surface area (Å²) in [6, 6.07) is 4.32. The third-order valence-electron chi connectivity index (χ3n) is 3.51. The highest BCUT2D eigenvalue weighted by Crippen LogP contribution is 2.30. The van der Waals surface area contributed by atoms with Crippen LogP contribution in [0.25, 0.3) is 0 Å². The van der Waals surface area contributed by atoms with Gasteiger partial charge in [-0.05, 0) is 26.3 Å². The summed E-state index contributed by atoms with van der Waals surface area (Å²) >= 11 is 0. The van der Waals surface area contributed by atoms with Gasteiger partial charge in [0.05, 0.1) is 4.92 Å². The summed E-state index contributed by atoms with van der Waals surface area (Å²) in [7, 11) is -3.88. The van der Waals surface area contributed by atoms with Crippen molar-refractivity contribution >= 4 is 28.1 Å². The van der Waals surface area contributed by atoms with E-state index in [0.29, 0.717) is 18.7 Å². The van der Waals surface area contributed by atoms with Crippen molar-refractivity contribution in [3.8, 4) is 0 Å². The van der Waals surface area contributed by atoms with E-state index in [-0.39, 0.29) is 35.1 Å². The number of sulfonamides is 1. The van der Waals surface area contributed by atoms with Crippen LogP contribution in [0.4, 0.5) is 5.69 Å². The predicted molar refractivity (Wildman–Crippen MR) is 85.9 cm³/mol. The second-order valence-electron chi connectivity index (χ2n) is 5.47. The topological polar surface area (TPSA) is 92.5 Å². The number of nitro groups is 1. The van der Waals surface area contributed by atoms with E-state index in [9.17, 15) is 18.5 Å². The molecule has 1 heterocycles. The fourth-order valence-corrected chi connectivity index (χ4v) is 4.70. The molecular weight excluding hydrogens is 330 g/mol. The summed E-state index contributed by atoms with van der Waals surface area (Å²) in [4.78, 5) is 10.3. The zero-order valence-electron chi connectivity index (χ0n) is 12.6. The lowest BCUT2D eigenvalue weighted by molar-refractivity contribution is -0.387. The molecule has 1 aromatic rings. The standard InChI is InChI=1S/C13H19N3O4S.ClH/c1-9-5-4-6-12(16(17)18)13(9)21(19,20)15-7-10(2)14-11(3)8-15;/h4-6,10-11,14H,7-8H2,1-3H3;1H. The summed E-state index contributed by atoms with van der Waals surface area (Å²) in [6.45, 7) is 5.97. The number of nitrogens with one attached hydrogen (secondary N) is 1. The van der Waals surface area contributed by atoms with Crippen LogP contribution < -0.4 is 5.32 Å². The molecule has 1 fully saturated rings. The van der Waals surface area contributed by atoms with E-state index in [2.05, 4.69) is 5.32 Å². The number of rotatable bonds is 3. The molecule has 2 atom stereocenters. The first-order valence-corrected chi connectivity index (χ1v) is 8.17. The maximum Gasteiger partial charge on any atom is 0.289 e. The highest BCUT2D eigenvalue weighted by Gasteiger charge is 2.36. The van der Waals surface area contributed by atoms with Gasteiger partial charge in [-0.1, -0.05) is 12.1 Å². The number of nitro benzene ring substituents is 1. The van der Waals surface area contributed by atoms with Gasteiger partial charge in [0.2, 0.25) is 10.0 Å². The molecule has 1 aliphatic rings. The van der Waals surface area contributed by atoms with E-state index in [1.165, 1.54) is 16.4 Å². The first-order valence-electron chi connectivity index (χ1n) is 6.73. The van der Waals surface area contributed by atoms with Gasteiger partial charge in [-0.2, -0.15) is 4.31 Å². The largest absolute Gasteiger partial charge is 0.309 e. The van der Waals surface area contributed by atoms with Crippen molar-refractivity contribution in [2.45, 2.75) is 37.8 Å². The maximum atomic E-state index is 12.8. The third-order valence-corrected chi connectivity index (χ3v) is 5.53. The number of piperazine rings is 1. The molecule has 0 aliphatic carbocycles. The molecule has 0 radical (unpaired) electrons. The van der Waals surface area contributed by atoms with Crippen LogP contribution in [0, 0.1) is 17.0 Å². The van der Waals surface area contributed by atoms with Crippen LogP contribution in [-0.4, -0.2) is 42.8 Å². The van der Waals surface area contributed by atoms with Gasteiger partial charge in [-0.25, -0.2) is 8.42 Å². The molecule has 0 bridgehead atoms. The summed E-state index contributed by atoms with van der Waals surface area (Å²) < 4.78 is 27.0. The van der Waals surface area contributed by atoms with Gasteiger partial charge in [0.1, 0.15) is 0 Å². The Morgan fingerprint density at radius 1 is 1.27 bits per heavy atom. The Hall–Kier alpha value is -1.22. The minimum Gasteiger partial charge on any atom is -0.309 e. The average molecular weight is 350 g/mol. The van der Waals surface area contributed by atoms with Gasteiger partial charge in [0.15, 0.2) is 4.90 Å². The lowest BCUT2D eigenvalue weighted by atomic mass is 10.2. The number of aryl methyl sites for hydroxylation is 1. The normalized spacial score (nSPS) is 22.9. The quantitative estimate of drug-likeness (QED) is 0.662. The van der Waals surface area contributed by atoms with Crippen molar-refractivity contribution in [3.63, 3.8) is 0 Å². The molecule has 0 aromatic heterocycles. The molecule has 1 N–H and O–H groups in total. The molecule has 0 spiro atoms. The first kappa shape index (κ1) is 18.8. The van der Waals surface area contributed by atoms with Crippen molar-refractivity contribution in [3.05, 3.63) is 33.9 Å². The molecule has 9 heteroatoms. The van der Waals surface area contributed by atoms with E-state index < -0.39 is 14.9 Å². The monoisotopic (exact) mass is 349 g/mol. The molecule has 0 amide bonds. The van der Waals surface area contributed by atoms with Crippen LogP contribution in [0.5, 0.6) is 0 Å². The minimum absolute atomic E-state index is 0. The smallest absolute Gasteiger partial charge is 0.289 e. The average Bonchev–Trinajstić information content (AvgIpc) is 2.36. The zero-order chi connectivity index (χ0) is 15.8. The van der Waals surface area contributed by atoms with Gasteiger partial charge in [-0.15, -0.1) is 12.4 Å². The van der Waals surface area contributed by atoms with Gasteiger partial charge in [0, 0.05) is 31.2 Å². The van der Waals surface area contributed by atoms with Gasteiger partial charge < -0.3 is 5.32 Å². The Balaban J connectivity index is 0.00000242. The van der Waals surface area contributed by atoms with Crippen LogP contribution in [0.2, 0.25) is 0 Å².